The van der Waals surface area contributed by atoms with Gasteiger partial charge in [-0.25, -0.2) is 4.98 Å². The molecule has 2 amide bonds. The van der Waals surface area contributed by atoms with Crippen molar-refractivity contribution in [2.45, 2.75) is 26.7 Å². The van der Waals surface area contributed by atoms with Gasteiger partial charge in [0.25, 0.3) is 5.91 Å². The van der Waals surface area contributed by atoms with E-state index in [1.165, 1.54) is 18.3 Å². The number of rotatable bonds is 4. The third kappa shape index (κ3) is 4.26. The van der Waals surface area contributed by atoms with Crippen LogP contribution in [-0.4, -0.2) is 16.8 Å². The Morgan fingerprint density at radius 3 is 2.55 bits per heavy atom. The van der Waals surface area contributed by atoms with Gasteiger partial charge in [0.2, 0.25) is 5.91 Å². The van der Waals surface area contributed by atoms with Gasteiger partial charge >= 0.3 is 0 Å². The van der Waals surface area contributed by atoms with Crippen LogP contribution in [0.3, 0.4) is 0 Å². The molecule has 2 N–H and O–H groups in total. The first kappa shape index (κ1) is 16.9. The lowest BCUT2D eigenvalue weighted by atomic mass is 10.2. The average Bonchev–Trinajstić information content (AvgIpc) is 2.89. The van der Waals surface area contributed by atoms with Crippen LogP contribution >= 0.6 is 33.9 Å². The van der Waals surface area contributed by atoms with Crippen LogP contribution in [0.15, 0.2) is 24.4 Å². The lowest BCUT2D eigenvalue weighted by molar-refractivity contribution is -0.114. The van der Waals surface area contributed by atoms with Crippen molar-refractivity contribution in [3.63, 3.8) is 0 Å². The number of nitrogens with zero attached hydrogens (tertiary/aromatic N) is 1. The highest BCUT2D eigenvalue weighted by atomic mass is 127. The zero-order valence-electron chi connectivity index (χ0n) is 12.4. The number of aromatic nitrogens is 1. The highest BCUT2D eigenvalue weighted by Crippen LogP contribution is 2.26. The molecule has 116 valence electrons. The first-order valence-electron chi connectivity index (χ1n) is 6.71. The molecule has 1 aromatic carbocycles. The fourth-order valence-corrected chi connectivity index (χ4v) is 3.19. The zero-order chi connectivity index (χ0) is 16.3. The molecule has 1 heterocycles. The minimum Gasteiger partial charge on any atom is -0.325 e. The summed E-state index contributed by atoms with van der Waals surface area (Å²) >= 11 is 3.57. The standard InChI is InChI=1S/C15H16IN3O2S/c1-8(2)13-7-17-15(22-13)19-14(21)10-4-5-12(11(16)6-10)18-9(3)20/h4-8H,1-3H3,(H,18,20)(H,17,19,21). The second kappa shape index (κ2) is 7.19. The first-order valence-corrected chi connectivity index (χ1v) is 8.60. The summed E-state index contributed by atoms with van der Waals surface area (Å²) in [6.07, 6.45) is 1.79. The molecule has 0 aliphatic carbocycles. The van der Waals surface area contributed by atoms with Gasteiger partial charge in [-0.3, -0.25) is 14.9 Å². The highest BCUT2D eigenvalue weighted by molar-refractivity contribution is 14.1. The molecule has 0 fully saturated rings. The molecular weight excluding hydrogens is 413 g/mol. The molecule has 0 saturated heterocycles. The van der Waals surface area contributed by atoms with Crippen LogP contribution in [0.5, 0.6) is 0 Å². The van der Waals surface area contributed by atoms with Crippen molar-refractivity contribution < 1.29 is 9.59 Å². The van der Waals surface area contributed by atoms with Crippen molar-refractivity contribution in [3.8, 4) is 0 Å². The van der Waals surface area contributed by atoms with E-state index in [2.05, 4.69) is 52.1 Å². The molecule has 5 nitrogen and oxygen atoms in total. The number of carbonyl (C=O) groups is 2. The first-order chi connectivity index (χ1) is 10.4. The molecule has 2 aromatic rings. The molecule has 1 aromatic heterocycles. The number of hydrogen-bond donors (Lipinski definition) is 2. The molecule has 0 spiro atoms. The molecule has 0 unspecified atom stereocenters. The van der Waals surface area contributed by atoms with Gasteiger partial charge in [0.15, 0.2) is 5.13 Å². The van der Waals surface area contributed by atoms with Crippen molar-refractivity contribution >= 4 is 56.6 Å². The van der Waals surface area contributed by atoms with Gasteiger partial charge in [-0.15, -0.1) is 11.3 Å². The van der Waals surface area contributed by atoms with Gasteiger partial charge in [0, 0.05) is 27.1 Å². The fraction of sp³-hybridized carbons (Fsp3) is 0.267. The Balaban J connectivity index is 2.12. The van der Waals surface area contributed by atoms with Crippen LogP contribution < -0.4 is 10.6 Å². The normalized spacial score (nSPS) is 10.6. The summed E-state index contributed by atoms with van der Waals surface area (Å²) in [4.78, 5) is 28.7. The Morgan fingerprint density at radius 2 is 2.00 bits per heavy atom. The van der Waals surface area contributed by atoms with Crippen LogP contribution in [0, 0.1) is 3.57 Å². The van der Waals surface area contributed by atoms with Gasteiger partial charge < -0.3 is 5.32 Å². The Hall–Kier alpha value is -1.48. The zero-order valence-corrected chi connectivity index (χ0v) is 15.4. The second-order valence-electron chi connectivity index (χ2n) is 5.05. The van der Waals surface area contributed by atoms with Crippen molar-refractivity contribution in [2.24, 2.45) is 0 Å². The molecule has 2 rings (SSSR count). The summed E-state index contributed by atoms with van der Waals surface area (Å²) in [6, 6.07) is 5.14. The number of benzene rings is 1. The number of halogens is 1. The molecular formula is C15H16IN3O2S. The third-order valence-corrected chi connectivity index (χ3v) is 4.96. The maximum atomic E-state index is 12.2. The summed E-state index contributed by atoms with van der Waals surface area (Å²) in [7, 11) is 0. The van der Waals surface area contributed by atoms with Gasteiger partial charge in [-0.2, -0.15) is 0 Å². The Kier molecular flexibility index (Phi) is 5.52. The number of nitrogens with one attached hydrogen (secondary N) is 2. The quantitative estimate of drug-likeness (QED) is 0.720. The smallest absolute Gasteiger partial charge is 0.257 e. The Labute approximate surface area is 146 Å². The molecule has 0 aliphatic rings. The summed E-state index contributed by atoms with van der Waals surface area (Å²) in [5.41, 5.74) is 1.22. The maximum absolute atomic E-state index is 12.2. The fourth-order valence-electron chi connectivity index (χ4n) is 1.73. The molecule has 22 heavy (non-hydrogen) atoms. The van der Waals surface area contributed by atoms with Gasteiger partial charge in [0.1, 0.15) is 0 Å². The van der Waals surface area contributed by atoms with E-state index in [-0.39, 0.29) is 11.8 Å². The van der Waals surface area contributed by atoms with Crippen LogP contribution in [0.4, 0.5) is 10.8 Å². The van der Waals surface area contributed by atoms with Crippen LogP contribution in [-0.2, 0) is 4.79 Å². The molecule has 0 aliphatic heterocycles. The topological polar surface area (TPSA) is 71.1 Å². The van der Waals surface area contributed by atoms with Crippen LogP contribution in [0.2, 0.25) is 0 Å². The minimum absolute atomic E-state index is 0.140. The molecule has 0 radical (unpaired) electrons. The van der Waals surface area contributed by atoms with E-state index in [1.54, 1.807) is 24.4 Å². The van der Waals surface area contributed by atoms with E-state index in [0.717, 1.165) is 8.45 Å². The van der Waals surface area contributed by atoms with Crippen molar-refractivity contribution in [1.29, 1.82) is 0 Å². The lowest BCUT2D eigenvalue weighted by Crippen LogP contribution is -2.13. The van der Waals surface area contributed by atoms with E-state index < -0.39 is 0 Å². The van der Waals surface area contributed by atoms with E-state index >= 15 is 0 Å². The van der Waals surface area contributed by atoms with Gasteiger partial charge in [-0.05, 0) is 46.7 Å². The van der Waals surface area contributed by atoms with E-state index in [4.69, 9.17) is 0 Å². The summed E-state index contributed by atoms with van der Waals surface area (Å²) in [6.45, 7) is 5.62. The van der Waals surface area contributed by atoms with Gasteiger partial charge in [0.05, 0.1) is 5.69 Å². The third-order valence-electron chi connectivity index (χ3n) is 2.86. The average molecular weight is 429 g/mol. The van der Waals surface area contributed by atoms with Crippen molar-refractivity contribution in [3.05, 3.63) is 38.4 Å². The van der Waals surface area contributed by atoms with Gasteiger partial charge in [-0.1, -0.05) is 13.8 Å². The number of hydrogen-bond acceptors (Lipinski definition) is 4. The number of thiazole rings is 1. The maximum Gasteiger partial charge on any atom is 0.257 e. The largest absolute Gasteiger partial charge is 0.325 e. The van der Waals surface area contributed by atoms with E-state index in [9.17, 15) is 9.59 Å². The molecule has 7 heteroatoms. The minimum atomic E-state index is -0.211. The number of carbonyl (C=O) groups excluding carboxylic acids is 2. The Bertz CT molecular complexity index is 713. The molecule has 0 bridgehead atoms. The summed E-state index contributed by atoms with van der Waals surface area (Å²) in [5, 5.41) is 6.11. The molecule has 0 atom stereocenters. The monoisotopic (exact) mass is 429 g/mol. The van der Waals surface area contributed by atoms with Crippen LogP contribution in [0.25, 0.3) is 0 Å². The second-order valence-corrected chi connectivity index (χ2v) is 7.28. The lowest BCUT2D eigenvalue weighted by Gasteiger charge is -2.07. The van der Waals surface area contributed by atoms with Crippen LogP contribution in [0.1, 0.15) is 41.9 Å². The number of anilines is 2. The van der Waals surface area contributed by atoms with Crippen molar-refractivity contribution in [2.75, 3.05) is 10.6 Å². The SMILES string of the molecule is CC(=O)Nc1ccc(C(=O)Nc2ncc(C(C)C)s2)cc1I. The van der Waals surface area contributed by atoms with Crippen molar-refractivity contribution in [1.82, 2.24) is 4.98 Å². The predicted octanol–water partition coefficient (Wildman–Crippen LogP) is 4.08. The summed E-state index contributed by atoms with van der Waals surface area (Å²) in [5.74, 6) is 0.0390. The van der Waals surface area contributed by atoms with E-state index in [1.807, 2.05) is 0 Å². The predicted molar refractivity (Wildman–Crippen MR) is 97.6 cm³/mol. The van der Waals surface area contributed by atoms with E-state index in [0.29, 0.717) is 22.3 Å². The highest BCUT2D eigenvalue weighted by Gasteiger charge is 2.12. The number of amides is 2. The Morgan fingerprint density at radius 1 is 1.27 bits per heavy atom. The molecule has 0 saturated carbocycles. The summed E-state index contributed by atoms with van der Waals surface area (Å²) < 4.78 is 0.808.